The molecule has 2 aliphatic rings. The Kier molecular flexibility index (Phi) is 5.13. The summed E-state index contributed by atoms with van der Waals surface area (Å²) >= 11 is 1.32. The number of hydrazone groups is 1. The Labute approximate surface area is 196 Å². The molecule has 0 saturated heterocycles. The van der Waals surface area contributed by atoms with Gasteiger partial charge in [0, 0.05) is 22.6 Å². The highest BCUT2D eigenvalue weighted by Gasteiger charge is 2.36. The number of hydrogen-bond acceptors (Lipinski definition) is 4. The van der Waals surface area contributed by atoms with Crippen LogP contribution in [0.15, 0.2) is 70.3 Å². The molecule has 0 saturated carbocycles. The Morgan fingerprint density at radius 2 is 1.79 bits per heavy atom. The van der Waals surface area contributed by atoms with Crippen molar-refractivity contribution >= 4 is 39.8 Å². The number of carbonyl (C=O) groups excluding carboxylic acids is 1. The number of nitrogens with zero attached hydrogens (tertiary/aromatic N) is 4. The minimum atomic E-state index is -0.416. The number of thioether (sulfide) groups is 1. The van der Waals surface area contributed by atoms with Gasteiger partial charge in [-0.3, -0.25) is 10.2 Å². The smallest absolute Gasteiger partial charge is 0.283 e. The van der Waals surface area contributed by atoms with E-state index in [9.17, 15) is 4.79 Å². The molecule has 33 heavy (non-hydrogen) atoms. The lowest BCUT2D eigenvalue weighted by Crippen LogP contribution is -2.35. The van der Waals surface area contributed by atoms with Gasteiger partial charge in [-0.15, -0.1) is 0 Å². The zero-order valence-corrected chi connectivity index (χ0v) is 19.7. The van der Waals surface area contributed by atoms with E-state index in [1.807, 2.05) is 57.2 Å². The van der Waals surface area contributed by atoms with Gasteiger partial charge in [0.1, 0.15) is 5.04 Å². The van der Waals surface area contributed by atoms with E-state index < -0.39 is 5.91 Å². The molecule has 3 aromatic rings. The van der Waals surface area contributed by atoms with Gasteiger partial charge in [-0.2, -0.15) is 15.1 Å². The minimum Gasteiger partial charge on any atom is -0.318 e. The van der Waals surface area contributed by atoms with Crippen molar-refractivity contribution in [1.29, 1.82) is 5.41 Å². The van der Waals surface area contributed by atoms with Crippen LogP contribution < -0.4 is 0 Å². The summed E-state index contributed by atoms with van der Waals surface area (Å²) in [5.74, 6) is -0.373. The molecule has 5 rings (SSSR count). The van der Waals surface area contributed by atoms with Crippen molar-refractivity contribution in [2.24, 2.45) is 10.1 Å². The van der Waals surface area contributed by atoms with Crippen molar-refractivity contribution in [2.45, 2.75) is 27.7 Å². The van der Waals surface area contributed by atoms with Crippen molar-refractivity contribution < 1.29 is 4.79 Å². The molecule has 0 bridgehead atoms. The molecule has 3 heterocycles. The second-order valence-electron chi connectivity index (χ2n) is 8.24. The molecule has 2 aliphatic heterocycles. The Morgan fingerprint density at radius 1 is 1.00 bits per heavy atom. The minimum absolute atomic E-state index is 0.0430. The third-order valence-corrected chi connectivity index (χ3v) is 6.80. The second-order valence-corrected chi connectivity index (χ2v) is 9.20. The normalized spacial score (nSPS) is 16.8. The molecule has 1 aromatic heterocycles. The molecule has 1 amide bonds. The van der Waals surface area contributed by atoms with Crippen LogP contribution in [0.25, 0.3) is 11.8 Å². The summed E-state index contributed by atoms with van der Waals surface area (Å²) in [4.78, 5) is 17.1. The van der Waals surface area contributed by atoms with Crippen LogP contribution in [0, 0.1) is 33.1 Å². The van der Waals surface area contributed by atoms with Crippen molar-refractivity contribution in [3.8, 4) is 5.69 Å². The Bertz CT molecular complexity index is 1430. The summed E-state index contributed by atoms with van der Waals surface area (Å²) in [5, 5.41) is 15.9. The largest absolute Gasteiger partial charge is 0.318 e. The van der Waals surface area contributed by atoms with Crippen molar-refractivity contribution in [3.05, 3.63) is 93.8 Å². The number of amides is 1. The number of amidine groups is 2. The summed E-state index contributed by atoms with van der Waals surface area (Å²) in [6, 6.07) is 18.3. The van der Waals surface area contributed by atoms with Crippen LogP contribution in [-0.4, -0.2) is 31.5 Å². The van der Waals surface area contributed by atoms with Gasteiger partial charge < -0.3 is 4.57 Å². The highest BCUT2D eigenvalue weighted by atomic mass is 32.2. The van der Waals surface area contributed by atoms with E-state index in [0.29, 0.717) is 5.17 Å². The Hall–Kier alpha value is -3.71. The third-order valence-electron chi connectivity index (χ3n) is 5.86. The van der Waals surface area contributed by atoms with Gasteiger partial charge in [0.05, 0.1) is 5.57 Å². The first-order valence-electron chi connectivity index (χ1n) is 10.7. The maximum atomic E-state index is 12.9. The molecule has 2 aromatic carbocycles. The van der Waals surface area contributed by atoms with Crippen LogP contribution in [0.2, 0.25) is 0 Å². The van der Waals surface area contributed by atoms with Crippen molar-refractivity contribution in [2.75, 3.05) is 0 Å². The van der Waals surface area contributed by atoms with E-state index in [1.54, 1.807) is 6.08 Å². The number of rotatable bonds is 3. The zero-order valence-electron chi connectivity index (χ0n) is 18.9. The van der Waals surface area contributed by atoms with Crippen LogP contribution in [0.3, 0.4) is 0 Å². The summed E-state index contributed by atoms with van der Waals surface area (Å²) < 4.78 is 2.16. The monoisotopic (exact) mass is 453 g/mol. The SMILES string of the molecule is Cc1cccc(-n2c(C)cc(C=C3C(=N)N4N=C(c5ccccc5C)SC4=NC3=O)c2C)c1. The van der Waals surface area contributed by atoms with Crippen LogP contribution in [-0.2, 0) is 4.79 Å². The standard InChI is InChI=1S/C26H23N5OS/c1-15-8-7-10-20(12-15)30-17(3)13-19(18(30)4)14-22-23(27)31-26(28-24(22)32)33-25(29-31)21-11-6-5-9-16(21)2/h5-14,27H,1-4H3. The first-order chi connectivity index (χ1) is 15.8. The van der Waals surface area contributed by atoms with Gasteiger partial charge in [-0.1, -0.05) is 36.4 Å². The van der Waals surface area contributed by atoms with E-state index >= 15 is 0 Å². The molecule has 0 aliphatic carbocycles. The maximum Gasteiger partial charge on any atom is 0.283 e. The van der Waals surface area contributed by atoms with Crippen LogP contribution in [0.1, 0.15) is 33.6 Å². The first-order valence-corrected chi connectivity index (χ1v) is 11.5. The van der Waals surface area contributed by atoms with Crippen LogP contribution in [0.5, 0.6) is 0 Å². The molecule has 0 fully saturated rings. The molecule has 0 atom stereocenters. The van der Waals surface area contributed by atoms with E-state index in [-0.39, 0.29) is 11.4 Å². The first kappa shape index (κ1) is 21.2. The number of fused-ring (bicyclic) bond motifs is 1. The average molecular weight is 454 g/mol. The lowest BCUT2D eigenvalue weighted by atomic mass is 10.1. The molecule has 164 valence electrons. The van der Waals surface area contributed by atoms with Crippen LogP contribution in [0.4, 0.5) is 0 Å². The van der Waals surface area contributed by atoms with Crippen molar-refractivity contribution in [1.82, 2.24) is 9.58 Å². The fraction of sp³-hybridized carbons (Fsp3) is 0.154. The van der Waals surface area contributed by atoms with Crippen molar-refractivity contribution in [3.63, 3.8) is 0 Å². The number of hydrogen-bond donors (Lipinski definition) is 1. The van der Waals surface area contributed by atoms with Gasteiger partial charge >= 0.3 is 0 Å². The van der Waals surface area contributed by atoms with E-state index in [4.69, 9.17) is 5.41 Å². The average Bonchev–Trinajstić information content (AvgIpc) is 3.32. The Balaban J connectivity index is 1.53. The van der Waals surface area contributed by atoms with Crippen LogP contribution >= 0.6 is 11.8 Å². The molecule has 1 N–H and O–H groups in total. The molecule has 0 unspecified atom stereocenters. The highest BCUT2D eigenvalue weighted by Crippen LogP contribution is 2.32. The number of aromatic nitrogens is 1. The molecule has 0 radical (unpaired) electrons. The third kappa shape index (κ3) is 3.64. The summed E-state index contributed by atoms with van der Waals surface area (Å²) in [6.45, 7) is 8.15. The Morgan fingerprint density at radius 3 is 2.55 bits per heavy atom. The summed E-state index contributed by atoms with van der Waals surface area (Å²) in [5.41, 5.74) is 7.49. The lowest BCUT2D eigenvalue weighted by Gasteiger charge is -2.20. The topological polar surface area (TPSA) is 73.8 Å². The predicted molar refractivity (Wildman–Crippen MR) is 135 cm³/mol. The van der Waals surface area contributed by atoms with Gasteiger partial charge in [-0.05, 0) is 80.4 Å². The van der Waals surface area contributed by atoms with E-state index in [1.165, 1.54) is 22.3 Å². The number of aryl methyl sites for hydroxylation is 3. The fourth-order valence-corrected chi connectivity index (χ4v) is 5.15. The predicted octanol–water partition coefficient (Wildman–Crippen LogP) is 5.38. The number of benzene rings is 2. The number of carbonyl (C=O) groups is 1. The van der Waals surface area contributed by atoms with Gasteiger partial charge in [0.2, 0.25) is 5.17 Å². The van der Waals surface area contributed by atoms with Gasteiger partial charge in [-0.25, -0.2) is 0 Å². The molecule has 0 spiro atoms. The van der Waals surface area contributed by atoms with Gasteiger partial charge in [0.15, 0.2) is 5.84 Å². The molecule has 6 nitrogen and oxygen atoms in total. The maximum absolute atomic E-state index is 12.9. The molecular formula is C26H23N5OS. The molecular weight excluding hydrogens is 430 g/mol. The zero-order chi connectivity index (χ0) is 23.3. The lowest BCUT2D eigenvalue weighted by molar-refractivity contribution is -0.114. The summed E-state index contributed by atoms with van der Waals surface area (Å²) in [6.07, 6.45) is 1.76. The quantitative estimate of drug-likeness (QED) is 0.541. The number of aliphatic imine (C=N–C) groups is 1. The number of nitrogens with one attached hydrogen (secondary N) is 1. The second kappa shape index (κ2) is 8.01. The summed E-state index contributed by atoms with van der Waals surface area (Å²) in [7, 11) is 0. The fourth-order valence-electron chi connectivity index (χ4n) is 4.17. The van der Waals surface area contributed by atoms with E-state index in [0.717, 1.165) is 38.8 Å². The molecule has 7 heteroatoms. The van der Waals surface area contributed by atoms with E-state index in [2.05, 4.69) is 39.8 Å². The highest BCUT2D eigenvalue weighted by molar-refractivity contribution is 8.27. The van der Waals surface area contributed by atoms with Gasteiger partial charge in [0.25, 0.3) is 5.91 Å².